The summed E-state index contributed by atoms with van der Waals surface area (Å²) in [5.74, 6) is 0. The lowest BCUT2D eigenvalue weighted by Gasteiger charge is -2.15. The number of hydrogen-bond donors (Lipinski definition) is 2. The van der Waals surface area contributed by atoms with Crippen molar-refractivity contribution in [1.82, 2.24) is 5.32 Å². The monoisotopic (exact) mass is 266 g/mol. The first-order valence-corrected chi connectivity index (χ1v) is 6.94. The number of benzene rings is 2. The fraction of sp³-hybridized carbons (Fsp3) is 0.235. The zero-order chi connectivity index (χ0) is 13.9. The molecule has 1 unspecified atom stereocenters. The number of hydrogen-bond acceptors (Lipinski definition) is 1. The molecule has 3 rings (SSSR count). The normalized spacial score (nSPS) is 16.6. The smallest absolute Gasteiger partial charge is 0.319 e. The molecule has 0 saturated carbocycles. The number of amides is 2. The Morgan fingerprint density at radius 2 is 2.00 bits per heavy atom. The summed E-state index contributed by atoms with van der Waals surface area (Å²) < 4.78 is 0. The maximum atomic E-state index is 12.1. The molecule has 2 N–H and O–H groups in total. The van der Waals surface area contributed by atoms with Crippen molar-refractivity contribution >= 4 is 11.7 Å². The Balaban J connectivity index is 1.66. The molecule has 102 valence electrons. The number of fused-ring (bicyclic) bond motifs is 1. The Morgan fingerprint density at radius 3 is 2.85 bits per heavy atom. The number of nitrogens with one attached hydrogen (secondary N) is 2. The largest absolute Gasteiger partial charge is 0.331 e. The molecule has 20 heavy (non-hydrogen) atoms. The zero-order valence-electron chi connectivity index (χ0n) is 11.5. The van der Waals surface area contributed by atoms with Crippen molar-refractivity contribution in [3.8, 4) is 0 Å². The summed E-state index contributed by atoms with van der Waals surface area (Å²) in [6.07, 6.45) is 2.01. The van der Waals surface area contributed by atoms with Crippen molar-refractivity contribution in [2.75, 3.05) is 5.32 Å². The summed E-state index contributed by atoms with van der Waals surface area (Å²) in [5, 5.41) is 5.94. The van der Waals surface area contributed by atoms with Gasteiger partial charge in [-0.25, -0.2) is 4.79 Å². The Labute approximate surface area is 119 Å². The molecule has 0 saturated heterocycles. The van der Waals surface area contributed by atoms with E-state index in [9.17, 15) is 4.79 Å². The van der Waals surface area contributed by atoms with Gasteiger partial charge in [0, 0.05) is 5.69 Å². The summed E-state index contributed by atoms with van der Waals surface area (Å²) in [6.45, 7) is 2.01. The van der Waals surface area contributed by atoms with Crippen LogP contribution in [0.25, 0.3) is 0 Å². The standard InChI is InChI=1S/C17H18N2O/c1-12-5-4-7-14(11-12)18-17(20)19-16-10-9-13-6-2-3-8-15(13)16/h2-8,11,16H,9-10H2,1H3,(H2,18,19,20). The molecule has 1 aliphatic rings. The highest BCUT2D eigenvalue weighted by atomic mass is 16.2. The van der Waals surface area contributed by atoms with Gasteiger partial charge in [-0.05, 0) is 48.6 Å². The van der Waals surface area contributed by atoms with Gasteiger partial charge in [-0.2, -0.15) is 0 Å². The van der Waals surface area contributed by atoms with Crippen LogP contribution in [0, 0.1) is 6.92 Å². The lowest BCUT2D eigenvalue weighted by Crippen LogP contribution is -2.31. The molecule has 0 bridgehead atoms. The van der Waals surface area contributed by atoms with Gasteiger partial charge in [0.05, 0.1) is 6.04 Å². The molecule has 0 aliphatic heterocycles. The first-order valence-electron chi connectivity index (χ1n) is 6.94. The molecule has 0 fully saturated rings. The minimum Gasteiger partial charge on any atom is -0.331 e. The van der Waals surface area contributed by atoms with Crippen molar-refractivity contribution in [2.24, 2.45) is 0 Å². The van der Waals surface area contributed by atoms with Gasteiger partial charge in [-0.1, -0.05) is 36.4 Å². The maximum absolute atomic E-state index is 12.1. The highest BCUT2D eigenvalue weighted by Gasteiger charge is 2.23. The summed E-state index contributed by atoms with van der Waals surface area (Å²) >= 11 is 0. The van der Waals surface area contributed by atoms with Crippen LogP contribution in [-0.2, 0) is 6.42 Å². The van der Waals surface area contributed by atoms with Crippen LogP contribution < -0.4 is 10.6 Å². The maximum Gasteiger partial charge on any atom is 0.319 e. The molecule has 1 aliphatic carbocycles. The molecule has 2 aromatic rings. The fourth-order valence-corrected chi connectivity index (χ4v) is 2.76. The van der Waals surface area contributed by atoms with E-state index in [0.29, 0.717) is 0 Å². The minimum atomic E-state index is -0.141. The number of carbonyl (C=O) groups is 1. The molecule has 2 aromatic carbocycles. The predicted octanol–water partition coefficient (Wildman–Crippen LogP) is 3.80. The second-order valence-electron chi connectivity index (χ2n) is 5.26. The molecular formula is C17H18N2O. The second kappa shape index (κ2) is 5.37. The Bertz CT molecular complexity index is 636. The van der Waals surface area contributed by atoms with Crippen molar-refractivity contribution in [3.05, 3.63) is 65.2 Å². The SMILES string of the molecule is Cc1cccc(NC(=O)NC2CCc3ccccc32)c1. The lowest BCUT2D eigenvalue weighted by molar-refractivity contribution is 0.248. The van der Waals surface area contributed by atoms with E-state index in [-0.39, 0.29) is 12.1 Å². The van der Waals surface area contributed by atoms with E-state index in [0.717, 1.165) is 24.1 Å². The molecular weight excluding hydrogens is 248 g/mol. The van der Waals surface area contributed by atoms with Crippen LogP contribution in [0.15, 0.2) is 48.5 Å². The van der Waals surface area contributed by atoms with Crippen LogP contribution in [0.3, 0.4) is 0 Å². The molecule has 3 heteroatoms. The van der Waals surface area contributed by atoms with Crippen molar-refractivity contribution in [2.45, 2.75) is 25.8 Å². The fourth-order valence-electron chi connectivity index (χ4n) is 2.76. The van der Waals surface area contributed by atoms with Gasteiger partial charge in [0.15, 0.2) is 0 Å². The lowest BCUT2D eigenvalue weighted by atomic mass is 10.1. The number of urea groups is 1. The van der Waals surface area contributed by atoms with Gasteiger partial charge < -0.3 is 10.6 Å². The van der Waals surface area contributed by atoms with Crippen LogP contribution in [0.5, 0.6) is 0 Å². The van der Waals surface area contributed by atoms with Gasteiger partial charge in [0.25, 0.3) is 0 Å². The highest BCUT2D eigenvalue weighted by Crippen LogP contribution is 2.30. The molecule has 0 aromatic heterocycles. The molecule has 0 spiro atoms. The number of carbonyl (C=O) groups excluding carboxylic acids is 1. The molecule has 1 atom stereocenters. The quantitative estimate of drug-likeness (QED) is 0.852. The zero-order valence-corrected chi connectivity index (χ0v) is 11.5. The molecule has 2 amide bonds. The van der Waals surface area contributed by atoms with Crippen LogP contribution in [0.4, 0.5) is 10.5 Å². The van der Waals surface area contributed by atoms with Crippen molar-refractivity contribution in [1.29, 1.82) is 0 Å². The summed E-state index contributed by atoms with van der Waals surface area (Å²) in [6, 6.07) is 16.1. The minimum absolute atomic E-state index is 0.121. The van der Waals surface area contributed by atoms with Gasteiger partial charge in [-0.3, -0.25) is 0 Å². The predicted molar refractivity (Wildman–Crippen MR) is 80.8 cm³/mol. The third-order valence-electron chi connectivity index (χ3n) is 3.71. The summed E-state index contributed by atoms with van der Waals surface area (Å²) in [5.41, 5.74) is 4.54. The average molecular weight is 266 g/mol. The third-order valence-corrected chi connectivity index (χ3v) is 3.71. The van der Waals surface area contributed by atoms with E-state index in [2.05, 4.69) is 22.8 Å². The van der Waals surface area contributed by atoms with Crippen molar-refractivity contribution in [3.63, 3.8) is 0 Å². The first kappa shape index (κ1) is 12.7. The van der Waals surface area contributed by atoms with E-state index in [1.54, 1.807) is 0 Å². The molecule has 0 heterocycles. The summed E-state index contributed by atoms with van der Waals surface area (Å²) in [7, 11) is 0. The van der Waals surface area contributed by atoms with Crippen molar-refractivity contribution < 1.29 is 4.79 Å². The highest BCUT2D eigenvalue weighted by molar-refractivity contribution is 5.89. The number of aryl methyl sites for hydroxylation is 2. The van der Waals surface area contributed by atoms with Gasteiger partial charge in [0.1, 0.15) is 0 Å². The summed E-state index contributed by atoms with van der Waals surface area (Å²) in [4.78, 5) is 12.1. The van der Waals surface area contributed by atoms with Gasteiger partial charge in [-0.15, -0.1) is 0 Å². The second-order valence-corrected chi connectivity index (χ2v) is 5.26. The van der Waals surface area contributed by atoms with Gasteiger partial charge >= 0.3 is 6.03 Å². The number of anilines is 1. The third kappa shape index (κ3) is 2.67. The molecule has 0 radical (unpaired) electrons. The Hall–Kier alpha value is -2.29. The van der Waals surface area contributed by atoms with E-state index in [1.165, 1.54) is 11.1 Å². The van der Waals surface area contributed by atoms with E-state index in [4.69, 9.17) is 0 Å². The average Bonchev–Trinajstić information content (AvgIpc) is 2.82. The van der Waals surface area contributed by atoms with Crippen LogP contribution in [0.2, 0.25) is 0 Å². The topological polar surface area (TPSA) is 41.1 Å². The van der Waals surface area contributed by atoms with Crippen LogP contribution in [-0.4, -0.2) is 6.03 Å². The van der Waals surface area contributed by atoms with Gasteiger partial charge in [0.2, 0.25) is 0 Å². The number of rotatable bonds is 2. The van der Waals surface area contributed by atoms with Crippen LogP contribution >= 0.6 is 0 Å². The molecule has 3 nitrogen and oxygen atoms in total. The van der Waals surface area contributed by atoms with Crippen LogP contribution in [0.1, 0.15) is 29.2 Å². The van der Waals surface area contributed by atoms with E-state index in [1.807, 2.05) is 43.3 Å². The Morgan fingerprint density at radius 1 is 1.15 bits per heavy atom. The Kier molecular flexibility index (Phi) is 3.42. The van der Waals surface area contributed by atoms with E-state index < -0.39 is 0 Å². The first-order chi connectivity index (χ1) is 9.72. The van der Waals surface area contributed by atoms with E-state index >= 15 is 0 Å².